The van der Waals surface area contributed by atoms with Crippen molar-refractivity contribution in [1.29, 1.82) is 5.26 Å². The van der Waals surface area contributed by atoms with E-state index in [0.717, 1.165) is 25.1 Å². The third kappa shape index (κ3) is 2.43. The van der Waals surface area contributed by atoms with Crippen molar-refractivity contribution < 1.29 is 5.11 Å². The van der Waals surface area contributed by atoms with Crippen LogP contribution in [0.4, 0.5) is 0 Å². The van der Waals surface area contributed by atoms with Gasteiger partial charge in [0.25, 0.3) is 0 Å². The van der Waals surface area contributed by atoms with E-state index in [9.17, 15) is 5.11 Å². The highest BCUT2D eigenvalue weighted by Crippen LogP contribution is 2.25. The molecule has 2 unspecified atom stereocenters. The number of aliphatic hydroxyl groups is 1. The minimum atomic E-state index is 0.273. The first kappa shape index (κ1) is 13.1. The van der Waals surface area contributed by atoms with Gasteiger partial charge in [-0.1, -0.05) is 6.42 Å². The number of aromatic nitrogens is 1. The largest absolute Gasteiger partial charge is 0.396 e. The average molecular weight is 247 g/mol. The molecule has 0 aliphatic heterocycles. The molecule has 2 N–H and O–H groups in total. The second kappa shape index (κ2) is 5.55. The predicted octanol–water partition coefficient (Wildman–Crippen LogP) is 1.46. The van der Waals surface area contributed by atoms with E-state index in [1.54, 1.807) is 0 Å². The molecule has 2 atom stereocenters. The first-order valence-electron chi connectivity index (χ1n) is 6.57. The summed E-state index contributed by atoms with van der Waals surface area (Å²) in [5, 5.41) is 21.8. The molecule has 0 amide bonds. The molecule has 4 nitrogen and oxygen atoms in total. The lowest BCUT2D eigenvalue weighted by Gasteiger charge is -2.19. The Bertz CT molecular complexity index is 458. The summed E-state index contributed by atoms with van der Waals surface area (Å²) in [4.78, 5) is 0. The van der Waals surface area contributed by atoms with E-state index in [1.165, 1.54) is 12.0 Å². The van der Waals surface area contributed by atoms with Crippen LogP contribution in [0.15, 0.2) is 6.07 Å². The Balaban J connectivity index is 2.00. The molecule has 0 bridgehead atoms. The second-order valence-corrected chi connectivity index (χ2v) is 5.17. The second-order valence-electron chi connectivity index (χ2n) is 5.17. The molecule has 1 saturated carbocycles. The van der Waals surface area contributed by atoms with Gasteiger partial charge in [0.2, 0.25) is 0 Å². The normalized spacial score (nSPS) is 23.2. The highest BCUT2D eigenvalue weighted by atomic mass is 16.3. The van der Waals surface area contributed by atoms with Gasteiger partial charge in [-0.2, -0.15) is 5.26 Å². The third-order valence-corrected chi connectivity index (χ3v) is 4.20. The molecule has 98 valence electrons. The van der Waals surface area contributed by atoms with Gasteiger partial charge >= 0.3 is 0 Å². The van der Waals surface area contributed by atoms with E-state index in [1.807, 2.05) is 24.6 Å². The third-order valence-electron chi connectivity index (χ3n) is 4.20. The fourth-order valence-electron chi connectivity index (χ4n) is 2.81. The summed E-state index contributed by atoms with van der Waals surface area (Å²) in [5.41, 5.74) is 3.02. The van der Waals surface area contributed by atoms with Crippen LogP contribution in [0.5, 0.6) is 0 Å². The molecule has 0 saturated heterocycles. The molecule has 4 heteroatoms. The summed E-state index contributed by atoms with van der Waals surface area (Å²) in [5.74, 6) is 0.393. The van der Waals surface area contributed by atoms with E-state index >= 15 is 0 Å². The fourth-order valence-corrected chi connectivity index (χ4v) is 2.81. The molecule has 0 aromatic carbocycles. The van der Waals surface area contributed by atoms with Crippen LogP contribution in [0, 0.1) is 24.2 Å². The van der Waals surface area contributed by atoms with Crippen molar-refractivity contribution in [2.75, 3.05) is 6.61 Å². The molecule has 1 aliphatic carbocycles. The van der Waals surface area contributed by atoms with Crippen molar-refractivity contribution in [2.24, 2.45) is 13.0 Å². The standard InChI is InChI=1S/C14H21N3O/c1-10-12(6-13(7-15)17(10)2)8-16-14-5-3-4-11(14)9-18/h6,11,14,16,18H,3-5,8-9H2,1-2H3. The predicted molar refractivity (Wildman–Crippen MR) is 69.9 cm³/mol. The number of rotatable bonds is 4. The summed E-state index contributed by atoms with van der Waals surface area (Å²) in [6, 6.07) is 4.57. The lowest BCUT2D eigenvalue weighted by Crippen LogP contribution is -2.33. The lowest BCUT2D eigenvalue weighted by molar-refractivity contribution is 0.205. The highest BCUT2D eigenvalue weighted by molar-refractivity contribution is 5.34. The molecule has 1 heterocycles. The quantitative estimate of drug-likeness (QED) is 0.846. The van der Waals surface area contributed by atoms with Crippen molar-refractivity contribution in [3.8, 4) is 6.07 Å². The van der Waals surface area contributed by atoms with Crippen molar-refractivity contribution in [3.63, 3.8) is 0 Å². The van der Waals surface area contributed by atoms with Crippen LogP contribution < -0.4 is 5.32 Å². The maximum Gasteiger partial charge on any atom is 0.120 e. The molecule has 1 fully saturated rings. The number of aliphatic hydroxyl groups excluding tert-OH is 1. The zero-order chi connectivity index (χ0) is 13.1. The number of nitrogens with zero attached hydrogens (tertiary/aromatic N) is 2. The Labute approximate surface area is 108 Å². The van der Waals surface area contributed by atoms with Gasteiger partial charge in [0.1, 0.15) is 11.8 Å². The van der Waals surface area contributed by atoms with Gasteiger partial charge in [0.05, 0.1) is 0 Å². The zero-order valence-electron chi connectivity index (χ0n) is 11.1. The van der Waals surface area contributed by atoms with Crippen LogP contribution in [0.3, 0.4) is 0 Å². The minimum absolute atomic E-state index is 0.273. The smallest absolute Gasteiger partial charge is 0.120 e. The molecular weight excluding hydrogens is 226 g/mol. The van der Waals surface area contributed by atoms with Gasteiger partial charge < -0.3 is 15.0 Å². The number of nitriles is 1. The molecule has 2 rings (SSSR count). The summed E-state index contributed by atoms with van der Waals surface area (Å²) in [7, 11) is 1.92. The van der Waals surface area contributed by atoms with E-state index < -0.39 is 0 Å². The van der Waals surface area contributed by atoms with Gasteiger partial charge in [0, 0.05) is 31.9 Å². The van der Waals surface area contributed by atoms with Crippen molar-refractivity contribution >= 4 is 0 Å². The Morgan fingerprint density at radius 3 is 2.94 bits per heavy atom. The topological polar surface area (TPSA) is 61.0 Å². The average Bonchev–Trinajstić information content (AvgIpc) is 2.94. The van der Waals surface area contributed by atoms with E-state index in [-0.39, 0.29) is 6.61 Å². The zero-order valence-corrected chi connectivity index (χ0v) is 11.1. The maximum absolute atomic E-state index is 9.29. The summed E-state index contributed by atoms with van der Waals surface area (Å²) >= 11 is 0. The highest BCUT2D eigenvalue weighted by Gasteiger charge is 2.26. The van der Waals surface area contributed by atoms with Crippen LogP contribution in [-0.4, -0.2) is 22.3 Å². The summed E-state index contributed by atoms with van der Waals surface area (Å²) in [6.45, 7) is 3.09. The van der Waals surface area contributed by atoms with Gasteiger partial charge in [-0.3, -0.25) is 0 Å². The van der Waals surface area contributed by atoms with Crippen molar-refractivity contribution in [1.82, 2.24) is 9.88 Å². The number of nitrogens with one attached hydrogen (secondary N) is 1. The van der Waals surface area contributed by atoms with Gasteiger partial charge in [-0.15, -0.1) is 0 Å². The fraction of sp³-hybridized carbons (Fsp3) is 0.643. The molecule has 18 heavy (non-hydrogen) atoms. The van der Waals surface area contributed by atoms with Crippen LogP contribution in [0.2, 0.25) is 0 Å². The molecule has 1 aliphatic rings. The molecule has 1 aromatic rings. The first-order valence-corrected chi connectivity index (χ1v) is 6.57. The van der Waals surface area contributed by atoms with Crippen molar-refractivity contribution in [3.05, 3.63) is 23.0 Å². The van der Waals surface area contributed by atoms with Crippen LogP contribution in [-0.2, 0) is 13.6 Å². The van der Waals surface area contributed by atoms with E-state index in [4.69, 9.17) is 5.26 Å². The van der Waals surface area contributed by atoms with Gasteiger partial charge in [0.15, 0.2) is 0 Å². The van der Waals surface area contributed by atoms with Gasteiger partial charge in [-0.05, 0) is 37.3 Å². The summed E-state index contributed by atoms with van der Waals surface area (Å²) in [6.07, 6.45) is 3.45. The van der Waals surface area contributed by atoms with E-state index in [2.05, 4.69) is 11.4 Å². The number of hydrogen-bond acceptors (Lipinski definition) is 3. The lowest BCUT2D eigenvalue weighted by atomic mass is 10.0. The molecular formula is C14H21N3O. The SMILES string of the molecule is Cc1c(CNC2CCCC2CO)cc(C#N)n1C. The molecule has 1 aromatic heterocycles. The Kier molecular flexibility index (Phi) is 4.05. The Morgan fingerprint density at radius 2 is 2.33 bits per heavy atom. The Morgan fingerprint density at radius 1 is 1.56 bits per heavy atom. The van der Waals surface area contributed by atoms with Gasteiger partial charge in [-0.25, -0.2) is 0 Å². The van der Waals surface area contributed by atoms with Crippen LogP contribution in [0.25, 0.3) is 0 Å². The molecule has 0 radical (unpaired) electrons. The Hall–Kier alpha value is -1.31. The number of hydrogen-bond donors (Lipinski definition) is 2. The summed E-state index contributed by atoms with van der Waals surface area (Å²) < 4.78 is 1.93. The van der Waals surface area contributed by atoms with Crippen molar-refractivity contribution in [2.45, 2.75) is 38.8 Å². The van der Waals surface area contributed by atoms with Crippen LogP contribution >= 0.6 is 0 Å². The van der Waals surface area contributed by atoms with Crippen LogP contribution in [0.1, 0.15) is 36.2 Å². The minimum Gasteiger partial charge on any atom is -0.396 e. The first-order chi connectivity index (χ1) is 8.67. The maximum atomic E-state index is 9.29. The molecule has 0 spiro atoms. The monoisotopic (exact) mass is 247 g/mol. The van der Waals surface area contributed by atoms with E-state index in [0.29, 0.717) is 17.7 Å².